The number of halogens is 1. The van der Waals surface area contributed by atoms with Gasteiger partial charge >= 0.3 is 0 Å². The molecule has 0 amide bonds. The summed E-state index contributed by atoms with van der Waals surface area (Å²) in [5, 5.41) is 0. The molecule has 0 aromatic heterocycles. The van der Waals surface area contributed by atoms with Crippen LogP contribution in [0.3, 0.4) is 0 Å². The summed E-state index contributed by atoms with van der Waals surface area (Å²) in [5.41, 5.74) is 0.916. The smallest absolute Gasteiger partial charge is 0.243 e. The number of ether oxygens (including phenoxy) is 1. The van der Waals surface area contributed by atoms with Crippen LogP contribution in [0.4, 0.5) is 0 Å². The van der Waals surface area contributed by atoms with E-state index < -0.39 is 10.0 Å². The molecule has 1 saturated heterocycles. The molecular weight excluding hydrogens is 342 g/mol. The Kier molecular flexibility index (Phi) is 4.89. The molecule has 4 nitrogen and oxygen atoms in total. The standard InChI is InChI=1S/C14H20BrNO3S/c1-10-6-7-16(9-14(10)19-3)20(17,18)12-4-5-13(15)11(2)8-12/h4-5,8,10,14H,6-7,9H2,1-3H3. The van der Waals surface area contributed by atoms with E-state index in [2.05, 4.69) is 22.9 Å². The van der Waals surface area contributed by atoms with Gasteiger partial charge in [-0.3, -0.25) is 0 Å². The van der Waals surface area contributed by atoms with Gasteiger partial charge in [-0.05, 0) is 43.0 Å². The van der Waals surface area contributed by atoms with Crippen LogP contribution in [0.5, 0.6) is 0 Å². The first-order valence-electron chi connectivity index (χ1n) is 6.65. The van der Waals surface area contributed by atoms with Crippen molar-refractivity contribution in [1.29, 1.82) is 0 Å². The van der Waals surface area contributed by atoms with Crippen LogP contribution in [0.2, 0.25) is 0 Å². The van der Waals surface area contributed by atoms with Crippen molar-refractivity contribution < 1.29 is 13.2 Å². The molecule has 0 bridgehead atoms. The zero-order valence-corrected chi connectivity index (χ0v) is 14.4. The third-order valence-corrected chi connectivity index (χ3v) is 6.67. The fraction of sp³-hybridized carbons (Fsp3) is 0.571. The molecule has 1 aromatic rings. The van der Waals surface area contributed by atoms with Crippen LogP contribution < -0.4 is 0 Å². The zero-order valence-electron chi connectivity index (χ0n) is 12.0. The number of methoxy groups -OCH3 is 1. The molecule has 1 fully saturated rings. The SMILES string of the molecule is COC1CN(S(=O)(=O)c2ccc(Br)c(C)c2)CCC1C. The van der Waals surface area contributed by atoms with Crippen molar-refractivity contribution in [3.05, 3.63) is 28.2 Å². The summed E-state index contributed by atoms with van der Waals surface area (Å²) in [4.78, 5) is 0.350. The minimum atomic E-state index is -3.44. The number of aryl methyl sites for hydroxylation is 1. The molecule has 0 spiro atoms. The van der Waals surface area contributed by atoms with E-state index in [0.29, 0.717) is 23.9 Å². The fourth-order valence-electron chi connectivity index (χ4n) is 2.46. The zero-order chi connectivity index (χ0) is 14.9. The summed E-state index contributed by atoms with van der Waals surface area (Å²) in [6, 6.07) is 5.13. The maximum atomic E-state index is 12.7. The van der Waals surface area contributed by atoms with E-state index in [4.69, 9.17) is 4.74 Å². The average molecular weight is 362 g/mol. The van der Waals surface area contributed by atoms with Gasteiger partial charge in [0, 0.05) is 24.7 Å². The summed E-state index contributed by atoms with van der Waals surface area (Å²) in [6.07, 6.45) is 0.794. The molecule has 2 atom stereocenters. The maximum Gasteiger partial charge on any atom is 0.243 e. The molecule has 2 unspecified atom stereocenters. The van der Waals surface area contributed by atoms with Gasteiger partial charge in [0.05, 0.1) is 11.0 Å². The molecule has 6 heteroatoms. The Morgan fingerprint density at radius 3 is 2.70 bits per heavy atom. The summed E-state index contributed by atoms with van der Waals surface area (Å²) >= 11 is 3.39. The highest BCUT2D eigenvalue weighted by Crippen LogP contribution is 2.27. The highest BCUT2D eigenvalue weighted by Gasteiger charge is 2.33. The van der Waals surface area contributed by atoms with Gasteiger partial charge in [-0.25, -0.2) is 8.42 Å². The van der Waals surface area contributed by atoms with Crippen LogP contribution in [0.15, 0.2) is 27.6 Å². The highest BCUT2D eigenvalue weighted by molar-refractivity contribution is 9.10. The van der Waals surface area contributed by atoms with Crippen LogP contribution in [0.25, 0.3) is 0 Å². The molecule has 1 heterocycles. The second-order valence-corrected chi connectivity index (χ2v) is 8.11. The summed E-state index contributed by atoms with van der Waals surface area (Å²) in [6.45, 7) is 4.97. The number of hydrogen-bond donors (Lipinski definition) is 0. The topological polar surface area (TPSA) is 46.6 Å². The van der Waals surface area contributed by atoms with Gasteiger partial charge in [-0.2, -0.15) is 4.31 Å². The Balaban J connectivity index is 2.28. The van der Waals surface area contributed by atoms with E-state index in [0.717, 1.165) is 16.5 Å². The van der Waals surface area contributed by atoms with Gasteiger partial charge in [0.1, 0.15) is 0 Å². The van der Waals surface area contributed by atoms with Crippen LogP contribution in [0, 0.1) is 12.8 Å². The number of hydrogen-bond acceptors (Lipinski definition) is 3. The molecule has 1 aliphatic heterocycles. The lowest BCUT2D eigenvalue weighted by Crippen LogP contribution is -2.46. The van der Waals surface area contributed by atoms with Crippen molar-refractivity contribution in [3.63, 3.8) is 0 Å². The van der Waals surface area contributed by atoms with E-state index >= 15 is 0 Å². The van der Waals surface area contributed by atoms with Crippen molar-refractivity contribution in [3.8, 4) is 0 Å². The molecular formula is C14H20BrNO3S. The second-order valence-electron chi connectivity index (χ2n) is 5.31. The monoisotopic (exact) mass is 361 g/mol. The van der Waals surface area contributed by atoms with Crippen LogP contribution >= 0.6 is 15.9 Å². The Bertz CT molecular complexity index is 588. The predicted molar refractivity (Wildman–Crippen MR) is 82.2 cm³/mol. The fourth-order valence-corrected chi connectivity index (χ4v) is 4.26. The molecule has 112 valence electrons. The molecule has 0 aliphatic carbocycles. The van der Waals surface area contributed by atoms with Gasteiger partial charge in [0.25, 0.3) is 0 Å². The van der Waals surface area contributed by atoms with Gasteiger partial charge in [0.2, 0.25) is 10.0 Å². The van der Waals surface area contributed by atoms with Crippen molar-refractivity contribution in [2.24, 2.45) is 5.92 Å². The lowest BCUT2D eigenvalue weighted by molar-refractivity contribution is 0.0184. The molecule has 0 radical (unpaired) electrons. The summed E-state index contributed by atoms with van der Waals surface area (Å²) in [7, 11) is -1.80. The maximum absolute atomic E-state index is 12.7. The third kappa shape index (κ3) is 3.08. The van der Waals surface area contributed by atoms with Crippen molar-refractivity contribution in [1.82, 2.24) is 4.31 Å². The van der Waals surface area contributed by atoms with E-state index in [1.807, 2.05) is 6.92 Å². The third-order valence-electron chi connectivity index (χ3n) is 3.92. The Morgan fingerprint density at radius 1 is 1.40 bits per heavy atom. The Morgan fingerprint density at radius 2 is 2.10 bits per heavy atom. The van der Waals surface area contributed by atoms with Gasteiger partial charge in [-0.1, -0.05) is 22.9 Å². The van der Waals surface area contributed by atoms with Crippen molar-refractivity contribution in [2.45, 2.75) is 31.3 Å². The first-order valence-corrected chi connectivity index (χ1v) is 8.88. The van der Waals surface area contributed by atoms with E-state index in [1.165, 1.54) is 4.31 Å². The first kappa shape index (κ1) is 15.9. The lowest BCUT2D eigenvalue weighted by Gasteiger charge is -2.35. The minimum absolute atomic E-state index is 0.0323. The largest absolute Gasteiger partial charge is 0.380 e. The first-order chi connectivity index (χ1) is 9.36. The van der Waals surface area contributed by atoms with Gasteiger partial charge in [0.15, 0.2) is 0 Å². The number of piperidine rings is 1. The number of sulfonamides is 1. The molecule has 0 N–H and O–H groups in total. The van der Waals surface area contributed by atoms with Gasteiger partial charge < -0.3 is 4.74 Å². The minimum Gasteiger partial charge on any atom is -0.380 e. The Hall–Kier alpha value is -0.430. The molecule has 1 aromatic carbocycles. The quantitative estimate of drug-likeness (QED) is 0.831. The van der Waals surface area contributed by atoms with Crippen molar-refractivity contribution >= 4 is 26.0 Å². The van der Waals surface area contributed by atoms with Gasteiger partial charge in [-0.15, -0.1) is 0 Å². The van der Waals surface area contributed by atoms with Crippen LogP contribution in [0.1, 0.15) is 18.9 Å². The van der Waals surface area contributed by atoms with E-state index in [-0.39, 0.29) is 6.10 Å². The van der Waals surface area contributed by atoms with Crippen molar-refractivity contribution in [2.75, 3.05) is 20.2 Å². The second kappa shape index (κ2) is 6.13. The average Bonchev–Trinajstić information content (AvgIpc) is 2.42. The summed E-state index contributed by atoms with van der Waals surface area (Å²) < 4.78 is 33.2. The molecule has 0 saturated carbocycles. The lowest BCUT2D eigenvalue weighted by atomic mass is 9.97. The number of benzene rings is 1. The number of nitrogens with zero attached hydrogens (tertiary/aromatic N) is 1. The molecule has 1 aliphatic rings. The normalized spacial score (nSPS) is 24.8. The number of rotatable bonds is 3. The predicted octanol–water partition coefficient (Wildman–Crippen LogP) is 2.80. The molecule has 20 heavy (non-hydrogen) atoms. The van der Waals surface area contributed by atoms with Crippen LogP contribution in [-0.4, -0.2) is 39.0 Å². The highest BCUT2D eigenvalue weighted by atomic mass is 79.9. The molecule has 2 rings (SSSR count). The van der Waals surface area contributed by atoms with E-state index in [9.17, 15) is 8.42 Å². The summed E-state index contributed by atoms with van der Waals surface area (Å²) in [5.74, 6) is 0.387. The van der Waals surface area contributed by atoms with Crippen LogP contribution in [-0.2, 0) is 14.8 Å². The van der Waals surface area contributed by atoms with E-state index in [1.54, 1.807) is 25.3 Å². The Labute approximate surface area is 129 Å².